The van der Waals surface area contributed by atoms with E-state index in [-0.39, 0.29) is 5.41 Å². The number of fused-ring (bicyclic) bond motifs is 1. The van der Waals surface area contributed by atoms with Crippen LogP contribution in [0.2, 0.25) is 5.02 Å². The van der Waals surface area contributed by atoms with Gasteiger partial charge >= 0.3 is 0 Å². The van der Waals surface area contributed by atoms with E-state index in [2.05, 4.69) is 13.2 Å². The van der Waals surface area contributed by atoms with Crippen molar-refractivity contribution in [3.05, 3.63) is 47.5 Å². The van der Waals surface area contributed by atoms with Crippen LogP contribution in [0.4, 0.5) is 0 Å². The Labute approximate surface area is 125 Å². The molecule has 3 heteroatoms. The zero-order chi connectivity index (χ0) is 15.0. The molecular weight excluding hydrogens is 272 g/mol. The Balaban J connectivity index is 0.000000704. The second kappa shape index (κ2) is 5.34. The van der Waals surface area contributed by atoms with Crippen molar-refractivity contribution >= 4 is 17.4 Å². The fraction of sp³-hybridized carbons (Fsp3) is 0.471. The fourth-order valence-corrected chi connectivity index (χ4v) is 3.82. The number of aliphatic hydroxyl groups is 1. The quantitative estimate of drug-likeness (QED) is 0.733. The van der Waals surface area contributed by atoms with Gasteiger partial charge in [-0.1, -0.05) is 17.7 Å². The van der Waals surface area contributed by atoms with Crippen molar-refractivity contribution in [3.63, 3.8) is 0 Å². The van der Waals surface area contributed by atoms with Crippen LogP contribution in [-0.4, -0.2) is 10.9 Å². The Morgan fingerprint density at radius 1 is 1.25 bits per heavy atom. The summed E-state index contributed by atoms with van der Waals surface area (Å²) < 4.78 is 0. The summed E-state index contributed by atoms with van der Waals surface area (Å²) in [5, 5.41) is 11.6. The van der Waals surface area contributed by atoms with Crippen LogP contribution in [0.1, 0.15) is 43.7 Å². The van der Waals surface area contributed by atoms with Gasteiger partial charge in [-0.2, -0.15) is 0 Å². The van der Waals surface area contributed by atoms with Gasteiger partial charge in [0.25, 0.3) is 0 Å². The number of hydrogen-bond acceptors (Lipinski definition) is 2. The van der Waals surface area contributed by atoms with E-state index < -0.39 is 5.60 Å². The normalized spacial score (nSPS) is 26.9. The van der Waals surface area contributed by atoms with Gasteiger partial charge in [-0.25, -0.2) is 0 Å². The highest BCUT2D eigenvalue weighted by Gasteiger charge is 2.54. The Morgan fingerprint density at radius 3 is 2.45 bits per heavy atom. The molecule has 0 bridgehead atoms. The summed E-state index contributed by atoms with van der Waals surface area (Å²) in [6, 6.07) is 5.77. The third-order valence-electron chi connectivity index (χ3n) is 4.92. The SMILES string of the molecule is C=C.CC1(O)c2cc(Cl)ccc2CC12CCC(=O)CC2. The van der Waals surface area contributed by atoms with Gasteiger partial charge in [0.15, 0.2) is 0 Å². The highest BCUT2D eigenvalue weighted by Crippen LogP contribution is 2.57. The van der Waals surface area contributed by atoms with Crippen molar-refractivity contribution in [2.75, 3.05) is 0 Å². The number of rotatable bonds is 0. The number of Topliss-reactive ketones (excluding diaryl/α,β-unsaturated/α-hetero) is 1. The second-order valence-electron chi connectivity index (χ2n) is 5.87. The molecular formula is C17H21ClO2. The lowest BCUT2D eigenvalue weighted by Gasteiger charge is -2.43. The highest BCUT2D eigenvalue weighted by molar-refractivity contribution is 6.30. The first-order valence-electron chi connectivity index (χ1n) is 6.98. The molecule has 1 aromatic rings. The summed E-state index contributed by atoms with van der Waals surface area (Å²) in [6.45, 7) is 7.88. The fourth-order valence-electron chi connectivity index (χ4n) is 3.65. The molecule has 1 fully saturated rings. The summed E-state index contributed by atoms with van der Waals surface area (Å²) in [6.07, 6.45) is 3.62. The van der Waals surface area contributed by atoms with Crippen molar-refractivity contribution < 1.29 is 9.90 Å². The van der Waals surface area contributed by atoms with E-state index in [0.717, 1.165) is 24.8 Å². The molecule has 1 spiro atoms. The van der Waals surface area contributed by atoms with Crippen molar-refractivity contribution in [1.29, 1.82) is 0 Å². The molecule has 0 aliphatic heterocycles. The molecule has 20 heavy (non-hydrogen) atoms. The molecule has 1 saturated carbocycles. The molecule has 2 nitrogen and oxygen atoms in total. The lowest BCUT2D eigenvalue weighted by atomic mass is 9.64. The Hall–Kier alpha value is -1.12. The van der Waals surface area contributed by atoms with Crippen LogP contribution in [0, 0.1) is 5.41 Å². The number of carbonyl (C=O) groups is 1. The number of halogens is 1. The number of carbonyl (C=O) groups excluding carboxylic acids is 1. The van der Waals surface area contributed by atoms with Gasteiger partial charge in [0.05, 0.1) is 5.60 Å². The maximum Gasteiger partial charge on any atom is 0.132 e. The van der Waals surface area contributed by atoms with Gasteiger partial charge in [0, 0.05) is 23.3 Å². The van der Waals surface area contributed by atoms with Crippen LogP contribution >= 0.6 is 11.6 Å². The highest BCUT2D eigenvalue weighted by atomic mass is 35.5. The van der Waals surface area contributed by atoms with E-state index in [1.165, 1.54) is 5.56 Å². The van der Waals surface area contributed by atoms with Crippen molar-refractivity contribution in [1.82, 2.24) is 0 Å². The zero-order valence-electron chi connectivity index (χ0n) is 11.9. The Kier molecular flexibility index (Phi) is 4.08. The van der Waals surface area contributed by atoms with Crippen molar-refractivity contribution in [3.8, 4) is 0 Å². The Morgan fingerprint density at radius 2 is 1.85 bits per heavy atom. The minimum absolute atomic E-state index is 0.173. The molecule has 0 aromatic heterocycles. The number of ketones is 1. The lowest BCUT2D eigenvalue weighted by molar-refractivity contribution is -0.130. The third kappa shape index (κ3) is 2.21. The topological polar surface area (TPSA) is 37.3 Å². The van der Waals surface area contributed by atoms with Gasteiger partial charge < -0.3 is 5.11 Å². The molecule has 0 amide bonds. The molecule has 0 radical (unpaired) electrons. The summed E-state index contributed by atoms with van der Waals surface area (Å²) in [5.41, 5.74) is 1.09. The van der Waals surface area contributed by atoms with Crippen molar-refractivity contribution in [2.45, 2.75) is 44.6 Å². The maximum atomic E-state index is 11.4. The standard InChI is InChI=1S/C15H17ClO2.C2H4/c1-14(18)13-8-11(16)3-2-10(13)9-15(14)6-4-12(17)5-7-15;1-2/h2-3,8,18H,4-7,9H2,1H3;1-2H2. The van der Waals surface area contributed by atoms with E-state index in [4.69, 9.17) is 11.6 Å². The molecule has 1 aromatic carbocycles. The smallest absolute Gasteiger partial charge is 0.132 e. The summed E-state index contributed by atoms with van der Waals surface area (Å²) in [5.74, 6) is 0.324. The largest absolute Gasteiger partial charge is 0.385 e. The first-order chi connectivity index (χ1) is 9.45. The van der Waals surface area contributed by atoms with E-state index in [1.54, 1.807) is 0 Å². The minimum atomic E-state index is -0.867. The van der Waals surface area contributed by atoms with E-state index in [9.17, 15) is 9.90 Å². The van der Waals surface area contributed by atoms with Crippen LogP contribution in [0.3, 0.4) is 0 Å². The monoisotopic (exact) mass is 292 g/mol. The average molecular weight is 293 g/mol. The molecule has 0 saturated heterocycles. The van der Waals surface area contributed by atoms with Crippen LogP contribution < -0.4 is 0 Å². The first-order valence-corrected chi connectivity index (χ1v) is 7.35. The average Bonchev–Trinajstić information content (AvgIpc) is 2.65. The van der Waals surface area contributed by atoms with Crippen LogP contribution in [0.5, 0.6) is 0 Å². The van der Waals surface area contributed by atoms with E-state index >= 15 is 0 Å². The predicted octanol–water partition coefficient (Wildman–Crippen LogP) is 4.04. The summed E-state index contributed by atoms with van der Waals surface area (Å²) in [4.78, 5) is 11.4. The van der Waals surface area contributed by atoms with E-state index in [1.807, 2.05) is 25.1 Å². The molecule has 1 N–H and O–H groups in total. The van der Waals surface area contributed by atoms with Crippen LogP contribution in [-0.2, 0) is 16.8 Å². The molecule has 1 unspecified atom stereocenters. The predicted molar refractivity (Wildman–Crippen MR) is 81.9 cm³/mol. The van der Waals surface area contributed by atoms with Crippen LogP contribution in [0.15, 0.2) is 31.4 Å². The molecule has 108 valence electrons. The number of hydrogen-bond donors (Lipinski definition) is 1. The Bertz CT molecular complexity index is 524. The second-order valence-corrected chi connectivity index (χ2v) is 6.31. The number of benzene rings is 1. The van der Waals surface area contributed by atoms with E-state index in [0.29, 0.717) is 23.6 Å². The zero-order valence-corrected chi connectivity index (χ0v) is 12.7. The van der Waals surface area contributed by atoms with Gasteiger partial charge in [-0.3, -0.25) is 4.79 Å². The summed E-state index contributed by atoms with van der Waals surface area (Å²) >= 11 is 6.04. The summed E-state index contributed by atoms with van der Waals surface area (Å²) in [7, 11) is 0. The van der Waals surface area contributed by atoms with Gasteiger partial charge in [-0.05, 0) is 49.4 Å². The minimum Gasteiger partial charge on any atom is -0.385 e. The lowest BCUT2D eigenvalue weighted by Crippen LogP contribution is -2.43. The van der Waals surface area contributed by atoms with Crippen molar-refractivity contribution in [2.24, 2.45) is 5.41 Å². The molecule has 2 aliphatic rings. The van der Waals surface area contributed by atoms with Gasteiger partial charge in [0.2, 0.25) is 0 Å². The van der Waals surface area contributed by atoms with Crippen LogP contribution in [0.25, 0.3) is 0 Å². The molecule has 0 heterocycles. The maximum absolute atomic E-state index is 11.4. The van der Waals surface area contributed by atoms with Gasteiger partial charge in [-0.15, -0.1) is 13.2 Å². The molecule has 3 rings (SSSR count). The van der Waals surface area contributed by atoms with Gasteiger partial charge in [0.1, 0.15) is 5.78 Å². The third-order valence-corrected chi connectivity index (χ3v) is 5.16. The first kappa shape index (κ1) is 15.3. The molecule has 2 aliphatic carbocycles. The molecule has 1 atom stereocenters.